The number of piperidine rings is 1. The standard InChI is InChI=1S/C15H23N3O2/c1-10-12(11(2)20-17-10)9-15(19)16-13-6-8-18-7-4-3-5-14(13)18/h13-14H,3-9H2,1-2H3,(H,16,19)/t13-,14+/m0/s1. The lowest BCUT2D eigenvalue weighted by molar-refractivity contribution is -0.121. The minimum absolute atomic E-state index is 0.0943. The van der Waals surface area contributed by atoms with Crippen molar-refractivity contribution in [3.63, 3.8) is 0 Å². The molecule has 20 heavy (non-hydrogen) atoms. The lowest BCUT2D eigenvalue weighted by Gasteiger charge is -2.32. The van der Waals surface area contributed by atoms with Crippen LogP contribution >= 0.6 is 0 Å². The van der Waals surface area contributed by atoms with E-state index in [1.54, 1.807) is 0 Å². The minimum Gasteiger partial charge on any atom is -0.361 e. The summed E-state index contributed by atoms with van der Waals surface area (Å²) < 4.78 is 5.11. The van der Waals surface area contributed by atoms with Crippen molar-refractivity contribution in [2.24, 2.45) is 0 Å². The van der Waals surface area contributed by atoms with Crippen molar-refractivity contribution < 1.29 is 9.32 Å². The number of carbonyl (C=O) groups is 1. The number of hydrogen-bond donors (Lipinski definition) is 1. The van der Waals surface area contributed by atoms with Crippen molar-refractivity contribution in [2.45, 2.75) is 58.0 Å². The maximum atomic E-state index is 12.2. The molecule has 0 saturated carbocycles. The molecule has 5 heteroatoms. The smallest absolute Gasteiger partial charge is 0.224 e. The van der Waals surface area contributed by atoms with Gasteiger partial charge in [-0.15, -0.1) is 0 Å². The summed E-state index contributed by atoms with van der Waals surface area (Å²) in [6.45, 7) is 6.07. The molecule has 0 unspecified atom stereocenters. The van der Waals surface area contributed by atoms with Crippen LogP contribution in [0, 0.1) is 13.8 Å². The Bertz CT molecular complexity index is 478. The summed E-state index contributed by atoms with van der Waals surface area (Å²) >= 11 is 0. The van der Waals surface area contributed by atoms with E-state index in [1.807, 2.05) is 13.8 Å². The lowest BCUT2D eigenvalue weighted by Crippen LogP contribution is -2.47. The number of carbonyl (C=O) groups excluding carboxylic acids is 1. The molecular formula is C15H23N3O2. The Labute approximate surface area is 119 Å². The van der Waals surface area contributed by atoms with Crippen LogP contribution in [-0.2, 0) is 11.2 Å². The van der Waals surface area contributed by atoms with E-state index in [2.05, 4.69) is 15.4 Å². The van der Waals surface area contributed by atoms with E-state index < -0.39 is 0 Å². The molecule has 0 aliphatic carbocycles. The predicted molar refractivity (Wildman–Crippen MR) is 75.4 cm³/mol. The zero-order valence-electron chi connectivity index (χ0n) is 12.3. The molecular weight excluding hydrogens is 254 g/mol. The molecule has 2 aliphatic heterocycles. The molecule has 3 rings (SSSR count). The third-order valence-electron chi connectivity index (χ3n) is 4.72. The summed E-state index contributed by atoms with van der Waals surface area (Å²) in [6.07, 6.45) is 5.27. The molecule has 1 aromatic rings. The second kappa shape index (κ2) is 5.56. The molecule has 2 fully saturated rings. The number of amides is 1. The zero-order chi connectivity index (χ0) is 14.1. The number of hydrogen-bond acceptors (Lipinski definition) is 4. The Morgan fingerprint density at radius 1 is 1.35 bits per heavy atom. The third-order valence-corrected chi connectivity index (χ3v) is 4.72. The van der Waals surface area contributed by atoms with Crippen LogP contribution in [0.4, 0.5) is 0 Å². The van der Waals surface area contributed by atoms with Gasteiger partial charge in [-0.25, -0.2) is 0 Å². The van der Waals surface area contributed by atoms with Gasteiger partial charge >= 0.3 is 0 Å². The Balaban J connectivity index is 1.59. The Kier molecular flexibility index (Phi) is 3.78. The van der Waals surface area contributed by atoms with Gasteiger partial charge in [-0.2, -0.15) is 0 Å². The largest absolute Gasteiger partial charge is 0.361 e. The van der Waals surface area contributed by atoms with Gasteiger partial charge in [0.2, 0.25) is 5.91 Å². The fourth-order valence-corrected chi connectivity index (χ4v) is 3.59. The van der Waals surface area contributed by atoms with Gasteiger partial charge in [0.25, 0.3) is 0 Å². The van der Waals surface area contributed by atoms with Crippen LogP contribution in [-0.4, -0.2) is 41.1 Å². The first-order valence-electron chi connectivity index (χ1n) is 7.60. The number of aromatic nitrogens is 1. The van der Waals surface area contributed by atoms with Gasteiger partial charge < -0.3 is 9.84 Å². The Morgan fingerprint density at radius 2 is 2.20 bits per heavy atom. The number of nitrogens with zero attached hydrogens (tertiary/aromatic N) is 2. The average Bonchev–Trinajstić information content (AvgIpc) is 2.98. The predicted octanol–water partition coefficient (Wildman–Crippen LogP) is 1.58. The quantitative estimate of drug-likeness (QED) is 0.911. The maximum absolute atomic E-state index is 12.2. The zero-order valence-corrected chi connectivity index (χ0v) is 12.3. The van der Waals surface area contributed by atoms with Gasteiger partial charge in [0, 0.05) is 24.2 Å². The molecule has 2 saturated heterocycles. The topological polar surface area (TPSA) is 58.4 Å². The van der Waals surface area contributed by atoms with Crippen LogP contribution in [0.3, 0.4) is 0 Å². The van der Waals surface area contributed by atoms with Crippen LogP contribution in [0.2, 0.25) is 0 Å². The monoisotopic (exact) mass is 277 g/mol. The number of fused-ring (bicyclic) bond motifs is 1. The van der Waals surface area contributed by atoms with Gasteiger partial charge in [-0.3, -0.25) is 9.69 Å². The van der Waals surface area contributed by atoms with Crippen molar-refractivity contribution in [2.75, 3.05) is 13.1 Å². The fourth-order valence-electron chi connectivity index (χ4n) is 3.59. The van der Waals surface area contributed by atoms with E-state index in [4.69, 9.17) is 4.52 Å². The van der Waals surface area contributed by atoms with Crippen molar-refractivity contribution in [1.29, 1.82) is 0 Å². The van der Waals surface area contributed by atoms with Gasteiger partial charge in [-0.05, 0) is 39.7 Å². The first-order valence-corrected chi connectivity index (χ1v) is 7.60. The van der Waals surface area contributed by atoms with E-state index in [0.29, 0.717) is 18.5 Å². The van der Waals surface area contributed by atoms with Crippen LogP contribution < -0.4 is 5.32 Å². The van der Waals surface area contributed by atoms with Gasteiger partial charge in [-0.1, -0.05) is 11.6 Å². The highest BCUT2D eigenvalue weighted by Crippen LogP contribution is 2.27. The molecule has 110 valence electrons. The van der Waals surface area contributed by atoms with Crippen molar-refractivity contribution in [3.05, 3.63) is 17.0 Å². The molecule has 5 nitrogen and oxygen atoms in total. The van der Waals surface area contributed by atoms with Crippen LogP contribution in [0.5, 0.6) is 0 Å². The molecule has 1 N–H and O–H groups in total. The summed E-state index contributed by atoms with van der Waals surface area (Å²) in [5.41, 5.74) is 1.75. The van der Waals surface area contributed by atoms with Crippen molar-refractivity contribution in [1.82, 2.24) is 15.4 Å². The Morgan fingerprint density at radius 3 is 2.95 bits per heavy atom. The first-order chi connectivity index (χ1) is 9.65. The van der Waals surface area contributed by atoms with Gasteiger partial charge in [0.15, 0.2) is 0 Å². The van der Waals surface area contributed by atoms with Crippen LogP contribution in [0.1, 0.15) is 42.7 Å². The molecule has 0 spiro atoms. The molecule has 2 aliphatic rings. The fraction of sp³-hybridized carbons (Fsp3) is 0.733. The molecule has 0 bridgehead atoms. The summed E-state index contributed by atoms with van der Waals surface area (Å²) in [5.74, 6) is 0.847. The highest BCUT2D eigenvalue weighted by molar-refractivity contribution is 5.79. The second-order valence-electron chi connectivity index (χ2n) is 6.04. The molecule has 0 radical (unpaired) electrons. The summed E-state index contributed by atoms with van der Waals surface area (Å²) in [7, 11) is 0. The minimum atomic E-state index is 0.0943. The normalized spacial score (nSPS) is 26.5. The summed E-state index contributed by atoms with van der Waals surface area (Å²) in [4.78, 5) is 14.8. The van der Waals surface area contributed by atoms with Gasteiger partial charge in [0.1, 0.15) is 5.76 Å². The summed E-state index contributed by atoms with van der Waals surface area (Å²) in [5, 5.41) is 7.12. The molecule has 2 atom stereocenters. The second-order valence-corrected chi connectivity index (χ2v) is 6.04. The number of aryl methyl sites for hydroxylation is 2. The van der Waals surface area contributed by atoms with E-state index in [1.165, 1.54) is 25.8 Å². The highest BCUT2D eigenvalue weighted by atomic mass is 16.5. The molecule has 1 amide bonds. The van der Waals surface area contributed by atoms with Crippen LogP contribution in [0.15, 0.2) is 4.52 Å². The summed E-state index contributed by atoms with van der Waals surface area (Å²) in [6, 6.07) is 0.876. The van der Waals surface area contributed by atoms with Gasteiger partial charge in [0.05, 0.1) is 12.1 Å². The number of rotatable bonds is 3. The third kappa shape index (κ3) is 2.59. The average molecular weight is 277 g/mol. The van der Waals surface area contributed by atoms with Crippen LogP contribution in [0.25, 0.3) is 0 Å². The van der Waals surface area contributed by atoms with E-state index in [9.17, 15) is 4.79 Å². The lowest BCUT2D eigenvalue weighted by atomic mass is 9.98. The first kappa shape index (κ1) is 13.6. The van der Waals surface area contributed by atoms with E-state index in [0.717, 1.165) is 30.0 Å². The Hall–Kier alpha value is -1.36. The van der Waals surface area contributed by atoms with E-state index >= 15 is 0 Å². The molecule has 1 aromatic heterocycles. The maximum Gasteiger partial charge on any atom is 0.224 e. The highest BCUT2D eigenvalue weighted by Gasteiger charge is 2.36. The van der Waals surface area contributed by atoms with Crippen molar-refractivity contribution >= 4 is 5.91 Å². The SMILES string of the molecule is Cc1noc(C)c1CC(=O)N[C@H]1CCN2CCCC[C@H]12. The van der Waals surface area contributed by atoms with Crippen molar-refractivity contribution in [3.8, 4) is 0 Å². The van der Waals surface area contributed by atoms with E-state index in [-0.39, 0.29) is 5.91 Å². The molecule has 0 aromatic carbocycles. The number of nitrogens with one attached hydrogen (secondary N) is 1. The molecule has 3 heterocycles.